The molecule has 3 nitrogen and oxygen atoms in total. The van der Waals surface area contributed by atoms with Crippen LogP contribution in [0.15, 0.2) is 24.4 Å². The molecule has 1 aromatic carbocycles. The molecule has 0 aliphatic carbocycles. The van der Waals surface area contributed by atoms with Gasteiger partial charge in [-0.05, 0) is 30.2 Å². The van der Waals surface area contributed by atoms with Gasteiger partial charge in [-0.2, -0.15) is 13.2 Å². The zero-order valence-corrected chi connectivity index (χ0v) is 9.71. The standard InChI is InChI=1S/C12H13F3N2O/c1-18-8-2-3-10-9(5-8)7(6-17-10)4-11(16)12(13,14)15/h2-3,5-6,11,17H,4,16H2,1H3. The van der Waals surface area contributed by atoms with E-state index in [1.54, 1.807) is 24.4 Å². The van der Waals surface area contributed by atoms with Crippen molar-refractivity contribution in [3.63, 3.8) is 0 Å². The predicted octanol–water partition coefficient (Wildman–Crippen LogP) is 2.61. The first-order valence-corrected chi connectivity index (χ1v) is 5.38. The minimum Gasteiger partial charge on any atom is -0.497 e. The Balaban J connectivity index is 2.34. The molecule has 1 atom stereocenters. The fraction of sp³-hybridized carbons (Fsp3) is 0.333. The summed E-state index contributed by atoms with van der Waals surface area (Å²) in [4.78, 5) is 2.92. The summed E-state index contributed by atoms with van der Waals surface area (Å²) in [6, 6.07) is 3.34. The second kappa shape index (κ2) is 4.53. The van der Waals surface area contributed by atoms with Gasteiger partial charge in [0.2, 0.25) is 0 Å². The van der Waals surface area contributed by atoms with Crippen LogP contribution in [0, 0.1) is 0 Å². The molecular formula is C12H13F3N2O. The van der Waals surface area contributed by atoms with E-state index in [0.29, 0.717) is 16.7 Å². The van der Waals surface area contributed by atoms with Gasteiger partial charge in [0.25, 0.3) is 0 Å². The van der Waals surface area contributed by atoms with Crippen molar-refractivity contribution >= 4 is 10.9 Å². The lowest BCUT2D eigenvalue weighted by Crippen LogP contribution is -2.39. The van der Waals surface area contributed by atoms with E-state index in [4.69, 9.17) is 10.5 Å². The number of aromatic amines is 1. The van der Waals surface area contributed by atoms with Crippen LogP contribution < -0.4 is 10.5 Å². The largest absolute Gasteiger partial charge is 0.497 e. The van der Waals surface area contributed by atoms with Gasteiger partial charge in [0, 0.05) is 17.1 Å². The summed E-state index contributed by atoms with van der Waals surface area (Å²) in [5.74, 6) is 0.601. The molecule has 18 heavy (non-hydrogen) atoms. The van der Waals surface area contributed by atoms with E-state index in [1.807, 2.05) is 0 Å². The zero-order valence-electron chi connectivity index (χ0n) is 9.71. The Hall–Kier alpha value is -1.69. The Morgan fingerprint density at radius 2 is 2.11 bits per heavy atom. The van der Waals surface area contributed by atoms with E-state index < -0.39 is 12.2 Å². The fourth-order valence-corrected chi connectivity index (χ4v) is 1.81. The van der Waals surface area contributed by atoms with E-state index in [9.17, 15) is 13.2 Å². The van der Waals surface area contributed by atoms with Crippen molar-refractivity contribution in [1.82, 2.24) is 4.98 Å². The number of halogens is 3. The van der Waals surface area contributed by atoms with Gasteiger partial charge in [-0.3, -0.25) is 0 Å². The summed E-state index contributed by atoms with van der Waals surface area (Å²) < 4.78 is 42.3. The van der Waals surface area contributed by atoms with Crippen LogP contribution in [0.2, 0.25) is 0 Å². The van der Waals surface area contributed by atoms with Crippen LogP contribution in [0.1, 0.15) is 5.56 Å². The lowest BCUT2D eigenvalue weighted by atomic mass is 10.1. The van der Waals surface area contributed by atoms with Crippen molar-refractivity contribution < 1.29 is 17.9 Å². The Kier molecular flexibility index (Phi) is 3.21. The van der Waals surface area contributed by atoms with Crippen LogP contribution in [-0.4, -0.2) is 24.3 Å². The predicted molar refractivity (Wildman–Crippen MR) is 62.6 cm³/mol. The zero-order chi connectivity index (χ0) is 13.3. The van der Waals surface area contributed by atoms with Crippen LogP contribution in [0.3, 0.4) is 0 Å². The molecule has 0 saturated carbocycles. The lowest BCUT2D eigenvalue weighted by molar-refractivity contribution is -0.147. The van der Waals surface area contributed by atoms with Crippen molar-refractivity contribution in [2.45, 2.75) is 18.6 Å². The summed E-state index contributed by atoms with van der Waals surface area (Å²) in [7, 11) is 1.51. The van der Waals surface area contributed by atoms with Crippen LogP contribution in [-0.2, 0) is 6.42 Å². The van der Waals surface area contributed by atoms with Crippen molar-refractivity contribution in [3.8, 4) is 5.75 Å². The maximum atomic E-state index is 12.4. The minimum absolute atomic E-state index is 0.253. The number of nitrogens with one attached hydrogen (secondary N) is 1. The number of alkyl halides is 3. The van der Waals surface area contributed by atoms with E-state index in [1.165, 1.54) is 7.11 Å². The lowest BCUT2D eigenvalue weighted by Gasteiger charge is -2.14. The molecule has 98 valence electrons. The first-order chi connectivity index (χ1) is 8.41. The molecule has 0 bridgehead atoms. The molecule has 2 aromatic rings. The molecular weight excluding hydrogens is 245 g/mol. The number of hydrogen-bond donors (Lipinski definition) is 2. The van der Waals surface area contributed by atoms with Gasteiger partial charge in [-0.15, -0.1) is 0 Å². The van der Waals surface area contributed by atoms with Crippen molar-refractivity contribution in [2.24, 2.45) is 5.73 Å². The van der Waals surface area contributed by atoms with E-state index in [-0.39, 0.29) is 6.42 Å². The highest BCUT2D eigenvalue weighted by Crippen LogP contribution is 2.27. The molecule has 0 aliphatic heterocycles. The highest BCUT2D eigenvalue weighted by Gasteiger charge is 2.36. The molecule has 0 saturated heterocycles. The van der Waals surface area contributed by atoms with Gasteiger partial charge in [-0.1, -0.05) is 0 Å². The molecule has 6 heteroatoms. The number of rotatable bonds is 3. The topological polar surface area (TPSA) is 51.0 Å². The monoisotopic (exact) mass is 258 g/mol. The van der Waals surface area contributed by atoms with Gasteiger partial charge >= 0.3 is 6.18 Å². The Bertz CT molecular complexity index is 548. The van der Waals surface area contributed by atoms with E-state index in [2.05, 4.69) is 4.98 Å². The van der Waals surface area contributed by atoms with Gasteiger partial charge in [-0.25, -0.2) is 0 Å². The number of fused-ring (bicyclic) bond motifs is 1. The van der Waals surface area contributed by atoms with Crippen LogP contribution in [0.4, 0.5) is 13.2 Å². The second-order valence-electron chi connectivity index (χ2n) is 4.08. The quantitative estimate of drug-likeness (QED) is 0.889. The number of H-pyrrole nitrogens is 1. The Labute approximate surface area is 102 Å². The molecule has 2 rings (SSSR count). The maximum absolute atomic E-state index is 12.4. The van der Waals surface area contributed by atoms with Crippen molar-refractivity contribution in [2.75, 3.05) is 7.11 Å². The number of hydrogen-bond acceptors (Lipinski definition) is 2. The fourth-order valence-electron chi connectivity index (χ4n) is 1.81. The van der Waals surface area contributed by atoms with Crippen LogP contribution in [0.25, 0.3) is 10.9 Å². The molecule has 1 heterocycles. The minimum atomic E-state index is -4.39. The number of methoxy groups -OCH3 is 1. The summed E-state index contributed by atoms with van der Waals surface area (Å²) in [5, 5.41) is 0.703. The molecule has 3 N–H and O–H groups in total. The van der Waals surface area contributed by atoms with Gasteiger partial charge < -0.3 is 15.5 Å². The average molecular weight is 258 g/mol. The molecule has 0 aliphatic rings. The highest BCUT2D eigenvalue weighted by atomic mass is 19.4. The number of nitrogens with two attached hydrogens (primary N) is 1. The number of aromatic nitrogens is 1. The van der Waals surface area contributed by atoms with E-state index >= 15 is 0 Å². The van der Waals surface area contributed by atoms with Crippen molar-refractivity contribution in [3.05, 3.63) is 30.0 Å². The van der Waals surface area contributed by atoms with Gasteiger partial charge in [0.05, 0.1) is 7.11 Å². The van der Waals surface area contributed by atoms with Gasteiger partial charge in [0.15, 0.2) is 0 Å². The molecule has 1 aromatic heterocycles. The Morgan fingerprint density at radius 3 is 2.72 bits per heavy atom. The molecule has 0 fully saturated rings. The van der Waals surface area contributed by atoms with Crippen LogP contribution >= 0.6 is 0 Å². The normalized spacial score (nSPS) is 13.8. The van der Waals surface area contributed by atoms with E-state index in [0.717, 1.165) is 5.52 Å². The first-order valence-electron chi connectivity index (χ1n) is 5.38. The van der Waals surface area contributed by atoms with Gasteiger partial charge in [0.1, 0.15) is 11.8 Å². The van der Waals surface area contributed by atoms with Crippen molar-refractivity contribution in [1.29, 1.82) is 0 Å². The summed E-state index contributed by atoms with van der Waals surface area (Å²) in [5.41, 5.74) is 6.43. The number of ether oxygens (including phenoxy) is 1. The Morgan fingerprint density at radius 1 is 1.39 bits per heavy atom. The number of benzene rings is 1. The third-order valence-corrected chi connectivity index (χ3v) is 2.83. The summed E-state index contributed by atoms with van der Waals surface area (Å²) in [6.07, 6.45) is -3.09. The SMILES string of the molecule is COc1ccc2[nH]cc(CC(N)C(F)(F)F)c2c1. The molecule has 0 spiro atoms. The summed E-state index contributed by atoms with van der Waals surface area (Å²) >= 11 is 0. The highest BCUT2D eigenvalue weighted by molar-refractivity contribution is 5.84. The second-order valence-corrected chi connectivity index (χ2v) is 4.08. The third kappa shape index (κ3) is 2.43. The third-order valence-electron chi connectivity index (χ3n) is 2.83. The molecule has 0 radical (unpaired) electrons. The maximum Gasteiger partial charge on any atom is 0.403 e. The van der Waals surface area contributed by atoms with Crippen LogP contribution in [0.5, 0.6) is 5.75 Å². The average Bonchev–Trinajstić information content (AvgIpc) is 2.70. The smallest absolute Gasteiger partial charge is 0.403 e. The molecule has 0 amide bonds. The molecule has 1 unspecified atom stereocenters. The summed E-state index contributed by atoms with van der Waals surface area (Å²) in [6.45, 7) is 0. The first kappa shape index (κ1) is 12.8.